The van der Waals surface area contributed by atoms with Gasteiger partial charge in [0.15, 0.2) is 0 Å². The van der Waals surface area contributed by atoms with Crippen molar-refractivity contribution in [2.75, 3.05) is 13.2 Å². The van der Waals surface area contributed by atoms with Gasteiger partial charge in [0.25, 0.3) is 0 Å². The minimum Gasteiger partial charge on any atom is -0.380 e. The number of ketones is 1. The maximum atomic E-state index is 12.1. The minimum absolute atomic E-state index is 0.0163. The van der Waals surface area contributed by atoms with E-state index in [1.54, 1.807) is 6.92 Å². The Labute approximate surface area is 118 Å². The lowest BCUT2D eigenvalue weighted by Crippen LogP contribution is -2.34. The van der Waals surface area contributed by atoms with Gasteiger partial charge in [-0.1, -0.05) is 42.0 Å². The summed E-state index contributed by atoms with van der Waals surface area (Å²) in [6.45, 7) is 3.10. The van der Waals surface area contributed by atoms with Crippen LogP contribution in [0.25, 0.3) is 0 Å². The van der Waals surface area contributed by atoms with Crippen LogP contribution in [0.4, 0.5) is 0 Å². The van der Waals surface area contributed by atoms with Crippen molar-refractivity contribution >= 4 is 17.4 Å². The van der Waals surface area contributed by atoms with Crippen molar-refractivity contribution in [1.82, 2.24) is 0 Å². The van der Waals surface area contributed by atoms with E-state index < -0.39 is 0 Å². The lowest BCUT2D eigenvalue weighted by Gasteiger charge is -2.34. The third-order valence-electron chi connectivity index (χ3n) is 4.32. The first kappa shape index (κ1) is 12.9. The summed E-state index contributed by atoms with van der Waals surface area (Å²) in [7, 11) is 0. The molecule has 1 saturated heterocycles. The molecule has 0 saturated carbocycles. The normalized spacial score (nSPS) is 33.2. The number of carbonyl (C=O) groups excluding carboxylic acids is 1. The SMILES string of the molecule is CC(=O)[C@H]1[C@@H]2COC[C@@H]2C=C[C@H]1c1ccccc1Cl. The molecule has 0 aromatic heterocycles. The van der Waals surface area contributed by atoms with Crippen molar-refractivity contribution in [2.24, 2.45) is 17.8 Å². The molecule has 1 heterocycles. The van der Waals surface area contributed by atoms with Gasteiger partial charge in [-0.05, 0) is 18.6 Å². The van der Waals surface area contributed by atoms with E-state index in [-0.39, 0.29) is 17.6 Å². The van der Waals surface area contributed by atoms with Crippen molar-refractivity contribution in [3.05, 3.63) is 47.0 Å². The number of Topliss-reactive ketones (excluding diaryl/α,β-unsaturated/α-hetero) is 1. The van der Waals surface area contributed by atoms with Gasteiger partial charge in [0, 0.05) is 28.7 Å². The van der Waals surface area contributed by atoms with Gasteiger partial charge in [-0.15, -0.1) is 0 Å². The van der Waals surface area contributed by atoms with Crippen molar-refractivity contribution in [2.45, 2.75) is 12.8 Å². The van der Waals surface area contributed by atoms with Crippen LogP contribution < -0.4 is 0 Å². The standard InChI is InChI=1S/C16H17ClO2/c1-10(18)16-13(12-4-2-3-5-15(12)17)7-6-11-8-19-9-14(11)16/h2-7,11,13-14,16H,8-9H2,1H3/t11-,13-,14+,16+/m0/s1. The fourth-order valence-corrected chi connectivity index (χ4v) is 3.66. The molecule has 19 heavy (non-hydrogen) atoms. The molecule has 2 aliphatic rings. The average Bonchev–Trinajstić information content (AvgIpc) is 2.86. The Morgan fingerprint density at radius 1 is 1.26 bits per heavy atom. The van der Waals surface area contributed by atoms with Crippen LogP contribution in [0.5, 0.6) is 0 Å². The van der Waals surface area contributed by atoms with E-state index in [1.807, 2.05) is 24.3 Å². The summed E-state index contributed by atoms with van der Waals surface area (Å²) in [5.74, 6) is 0.970. The molecule has 1 aromatic rings. The molecule has 3 heteroatoms. The molecule has 1 aliphatic heterocycles. The highest BCUT2D eigenvalue weighted by Gasteiger charge is 2.42. The molecule has 4 atom stereocenters. The first-order valence-corrected chi connectivity index (χ1v) is 7.07. The fraction of sp³-hybridized carbons (Fsp3) is 0.438. The second kappa shape index (κ2) is 5.10. The Morgan fingerprint density at radius 3 is 2.79 bits per heavy atom. The number of hydrogen-bond donors (Lipinski definition) is 0. The monoisotopic (exact) mass is 276 g/mol. The minimum atomic E-state index is -0.0163. The van der Waals surface area contributed by atoms with Gasteiger partial charge in [-0.3, -0.25) is 4.79 Å². The van der Waals surface area contributed by atoms with Crippen LogP contribution in [-0.2, 0) is 9.53 Å². The van der Waals surface area contributed by atoms with Crippen molar-refractivity contribution in [1.29, 1.82) is 0 Å². The van der Waals surface area contributed by atoms with Gasteiger partial charge in [-0.25, -0.2) is 0 Å². The topological polar surface area (TPSA) is 26.3 Å². The number of rotatable bonds is 2. The molecule has 0 amide bonds. The fourth-order valence-electron chi connectivity index (χ4n) is 3.40. The molecule has 0 radical (unpaired) electrons. The van der Waals surface area contributed by atoms with Crippen molar-refractivity contribution in [3.63, 3.8) is 0 Å². The van der Waals surface area contributed by atoms with E-state index in [0.717, 1.165) is 17.2 Å². The summed E-state index contributed by atoms with van der Waals surface area (Å²) in [6.07, 6.45) is 4.34. The first-order chi connectivity index (χ1) is 9.18. The van der Waals surface area contributed by atoms with Crippen LogP contribution in [0, 0.1) is 17.8 Å². The van der Waals surface area contributed by atoms with Crippen LogP contribution in [0.3, 0.4) is 0 Å². The second-order valence-corrected chi connectivity index (χ2v) is 5.84. The van der Waals surface area contributed by atoms with E-state index in [1.165, 1.54) is 0 Å². The number of allylic oxidation sites excluding steroid dienone is 1. The number of carbonyl (C=O) groups is 1. The molecular weight excluding hydrogens is 260 g/mol. The van der Waals surface area contributed by atoms with Crippen molar-refractivity contribution in [3.8, 4) is 0 Å². The lowest BCUT2D eigenvalue weighted by molar-refractivity contribution is -0.123. The number of fused-ring (bicyclic) bond motifs is 1. The van der Waals surface area contributed by atoms with Gasteiger partial charge < -0.3 is 4.74 Å². The lowest BCUT2D eigenvalue weighted by atomic mass is 9.68. The Kier molecular flexibility index (Phi) is 3.46. The first-order valence-electron chi connectivity index (χ1n) is 6.69. The zero-order valence-corrected chi connectivity index (χ0v) is 11.6. The van der Waals surface area contributed by atoms with Crippen LogP contribution in [0.2, 0.25) is 5.02 Å². The van der Waals surface area contributed by atoms with Crippen LogP contribution in [0.1, 0.15) is 18.4 Å². The molecule has 1 aromatic carbocycles. The molecule has 0 bridgehead atoms. The molecule has 1 aliphatic carbocycles. The maximum absolute atomic E-state index is 12.1. The average molecular weight is 277 g/mol. The third-order valence-corrected chi connectivity index (χ3v) is 4.66. The Bertz CT molecular complexity index is 523. The van der Waals surface area contributed by atoms with Crippen LogP contribution in [0.15, 0.2) is 36.4 Å². The number of ether oxygens (including phenoxy) is 1. The zero-order chi connectivity index (χ0) is 13.4. The summed E-state index contributed by atoms with van der Waals surface area (Å²) in [5, 5.41) is 0.737. The smallest absolute Gasteiger partial charge is 0.134 e. The van der Waals surface area contributed by atoms with E-state index >= 15 is 0 Å². The van der Waals surface area contributed by atoms with E-state index in [2.05, 4.69) is 12.2 Å². The summed E-state index contributed by atoms with van der Waals surface area (Å²) < 4.78 is 5.55. The van der Waals surface area contributed by atoms with E-state index in [4.69, 9.17) is 16.3 Å². The van der Waals surface area contributed by atoms with Gasteiger partial charge in [0.2, 0.25) is 0 Å². The van der Waals surface area contributed by atoms with Gasteiger partial charge in [0.1, 0.15) is 5.78 Å². The number of halogens is 1. The predicted molar refractivity (Wildman–Crippen MR) is 75.3 cm³/mol. The largest absolute Gasteiger partial charge is 0.380 e. The number of hydrogen-bond acceptors (Lipinski definition) is 2. The summed E-state index contributed by atoms with van der Waals surface area (Å²) in [4.78, 5) is 12.1. The Hall–Kier alpha value is -1.12. The van der Waals surface area contributed by atoms with Crippen LogP contribution in [-0.4, -0.2) is 19.0 Å². The molecule has 100 valence electrons. The maximum Gasteiger partial charge on any atom is 0.134 e. The zero-order valence-electron chi connectivity index (χ0n) is 10.9. The highest BCUT2D eigenvalue weighted by atomic mass is 35.5. The summed E-state index contributed by atoms with van der Waals surface area (Å²) in [5.41, 5.74) is 1.05. The summed E-state index contributed by atoms with van der Waals surface area (Å²) >= 11 is 6.29. The molecule has 3 rings (SSSR count). The van der Waals surface area contributed by atoms with E-state index in [9.17, 15) is 4.79 Å². The molecule has 2 nitrogen and oxygen atoms in total. The number of benzene rings is 1. The van der Waals surface area contributed by atoms with Crippen molar-refractivity contribution < 1.29 is 9.53 Å². The Balaban J connectivity index is 2.02. The second-order valence-electron chi connectivity index (χ2n) is 5.43. The highest BCUT2D eigenvalue weighted by molar-refractivity contribution is 6.31. The molecular formula is C16H17ClO2. The molecule has 0 N–H and O–H groups in total. The predicted octanol–water partition coefficient (Wildman–Crippen LogP) is 3.46. The molecule has 0 unspecified atom stereocenters. The van der Waals surface area contributed by atoms with Gasteiger partial charge in [-0.2, -0.15) is 0 Å². The van der Waals surface area contributed by atoms with Gasteiger partial charge in [0.05, 0.1) is 13.2 Å². The highest BCUT2D eigenvalue weighted by Crippen LogP contribution is 2.44. The third kappa shape index (κ3) is 2.24. The molecule has 0 spiro atoms. The van der Waals surface area contributed by atoms with Gasteiger partial charge >= 0.3 is 0 Å². The Morgan fingerprint density at radius 2 is 2.05 bits per heavy atom. The van der Waals surface area contributed by atoms with E-state index in [0.29, 0.717) is 18.4 Å². The molecule has 1 fully saturated rings. The quantitative estimate of drug-likeness (QED) is 0.773. The van der Waals surface area contributed by atoms with Crippen LogP contribution >= 0.6 is 11.6 Å². The summed E-state index contributed by atoms with van der Waals surface area (Å²) in [6, 6.07) is 7.80.